The number of amides is 1. The highest BCUT2D eigenvalue weighted by atomic mass is 16.5. The molecule has 0 fully saturated rings. The van der Waals surface area contributed by atoms with Crippen LogP contribution in [0.25, 0.3) is 0 Å². The summed E-state index contributed by atoms with van der Waals surface area (Å²) in [6.45, 7) is 6.00. The molecule has 1 aliphatic carbocycles. The number of ether oxygens (including phenoxy) is 3. The van der Waals surface area contributed by atoms with Crippen molar-refractivity contribution in [1.29, 1.82) is 0 Å². The molecule has 0 heterocycles. The minimum absolute atomic E-state index is 0.121. The van der Waals surface area contributed by atoms with Crippen LogP contribution < -0.4 is 14.8 Å². The van der Waals surface area contributed by atoms with Gasteiger partial charge in [0.05, 0.1) is 26.7 Å². The Kier molecular flexibility index (Phi) is 7.57. The summed E-state index contributed by atoms with van der Waals surface area (Å²) < 4.78 is 16.3. The lowest BCUT2D eigenvalue weighted by Gasteiger charge is -2.24. The number of carbonyl (C=O) groups is 2. The first-order chi connectivity index (χ1) is 15.4. The monoisotopic (exact) mass is 437 g/mol. The van der Waals surface area contributed by atoms with E-state index in [1.165, 1.54) is 0 Å². The second-order valence-corrected chi connectivity index (χ2v) is 8.02. The molecule has 2 aromatic carbocycles. The Hall–Kier alpha value is -3.28. The van der Waals surface area contributed by atoms with Crippen LogP contribution in [0.5, 0.6) is 11.5 Å². The topological polar surface area (TPSA) is 73.9 Å². The van der Waals surface area contributed by atoms with Gasteiger partial charge in [0.1, 0.15) is 11.5 Å². The summed E-state index contributed by atoms with van der Waals surface area (Å²) in [5, 5.41) is 3.08. The molecule has 1 N–H and O–H groups in total. The Morgan fingerprint density at radius 1 is 1.06 bits per heavy atom. The summed E-state index contributed by atoms with van der Waals surface area (Å²) in [5.74, 6) is 0.0648. The fourth-order valence-corrected chi connectivity index (χ4v) is 4.24. The number of carbonyl (C=O) groups excluding carboxylic acids is 2. The van der Waals surface area contributed by atoms with Crippen molar-refractivity contribution in [2.24, 2.45) is 5.92 Å². The third kappa shape index (κ3) is 5.13. The van der Waals surface area contributed by atoms with Gasteiger partial charge in [-0.25, -0.2) is 0 Å². The van der Waals surface area contributed by atoms with E-state index in [1.54, 1.807) is 33.3 Å². The van der Waals surface area contributed by atoms with E-state index in [1.807, 2.05) is 50.3 Å². The lowest BCUT2D eigenvalue weighted by atomic mass is 9.84. The zero-order chi connectivity index (χ0) is 23.3. The average Bonchev–Trinajstić information content (AvgIpc) is 3.21. The zero-order valence-electron chi connectivity index (χ0n) is 19.3. The summed E-state index contributed by atoms with van der Waals surface area (Å²) in [4.78, 5) is 25.8. The first-order valence-electron chi connectivity index (χ1n) is 10.8. The lowest BCUT2D eigenvalue weighted by molar-refractivity contribution is -0.146. The van der Waals surface area contributed by atoms with Crippen LogP contribution in [0.4, 0.5) is 0 Å². The summed E-state index contributed by atoms with van der Waals surface area (Å²) in [6.07, 6.45) is 4.51. The van der Waals surface area contributed by atoms with Crippen molar-refractivity contribution in [3.05, 3.63) is 70.8 Å². The summed E-state index contributed by atoms with van der Waals surface area (Å²) >= 11 is 0. The van der Waals surface area contributed by atoms with Gasteiger partial charge in [-0.3, -0.25) is 9.59 Å². The smallest absolute Gasteiger partial charge is 0.314 e. The van der Waals surface area contributed by atoms with Gasteiger partial charge in [0.2, 0.25) is 0 Å². The molecule has 0 aromatic heterocycles. The van der Waals surface area contributed by atoms with E-state index in [-0.39, 0.29) is 30.4 Å². The first kappa shape index (κ1) is 23.4. The van der Waals surface area contributed by atoms with Gasteiger partial charge < -0.3 is 19.5 Å². The van der Waals surface area contributed by atoms with E-state index in [4.69, 9.17) is 14.2 Å². The number of benzene rings is 2. The summed E-state index contributed by atoms with van der Waals surface area (Å²) in [7, 11) is 3.16. The Bertz CT molecular complexity index is 1010. The molecular formula is C26H31NO5. The fraction of sp³-hybridized carbons (Fsp3) is 0.385. The van der Waals surface area contributed by atoms with Crippen LogP contribution >= 0.6 is 0 Å². The molecule has 0 spiro atoms. The first-order valence-corrected chi connectivity index (χ1v) is 10.8. The van der Waals surface area contributed by atoms with Crippen LogP contribution in [0.1, 0.15) is 46.3 Å². The highest BCUT2D eigenvalue weighted by molar-refractivity contribution is 5.96. The number of allylic oxidation sites excluding steroid dienone is 1. The van der Waals surface area contributed by atoms with E-state index in [2.05, 4.69) is 5.32 Å². The number of rotatable bonds is 8. The molecule has 6 nitrogen and oxygen atoms in total. The summed E-state index contributed by atoms with van der Waals surface area (Å²) in [5.41, 5.74) is 3.42. The van der Waals surface area contributed by atoms with Crippen molar-refractivity contribution in [3.8, 4) is 11.5 Å². The third-order valence-electron chi connectivity index (χ3n) is 5.80. The number of aryl methyl sites for hydroxylation is 2. The van der Waals surface area contributed by atoms with Crippen LogP contribution in [-0.4, -0.2) is 38.7 Å². The molecule has 0 unspecified atom stereocenters. The molecule has 3 rings (SSSR count). The quantitative estimate of drug-likeness (QED) is 0.491. The predicted octanol–water partition coefficient (Wildman–Crippen LogP) is 4.34. The maximum absolute atomic E-state index is 13.0. The van der Waals surface area contributed by atoms with Gasteiger partial charge in [0.25, 0.3) is 5.91 Å². The molecule has 2 aromatic rings. The van der Waals surface area contributed by atoms with E-state index in [9.17, 15) is 9.59 Å². The standard InChI is InChI=1S/C26H31NO5/c1-6-32-26(29)24(22-15-20(30-4)10-12-23(22)31-5)18-8-9-19(14-18)27-25(28)21-11-7-16(2)13-17(21)3/h7-13,15,18-19,24H,6,14H2,1-5H3,(H,27,28)/t18-,19+,24+/m1/s1. The van der Waals surface area contributed by atoms with Crippen molar-refractivity contribution in [2.75, 3.05) is 20.8 Å². The van der Waals surface area contributed by atoms with Gasteiger partial charge in [0, 0.05) is 17.2 Å². The van der Waals surface area contributed by atoms with Gasteiger partial charge in [-0.05, 0) is 62.9 Å². The molecule has 3 atom stereocenters. The Labute approximate surface area is 189 Å². The molecule has 0 aliphatic heterocycles. The van der Waals surface area contributed by atoms with Crippen LogP contribution in [0.3, 0.4) is 0 Å². The Morgan fingerprint density at radius 3 is 2.50 bits per heavy atom. The van der Waals surface area contributed by atoms with E-state index in [0.717, 1.165) is 11.1 Å². The van der Waals surface area contributed by atoms with Crippen molar-refractivity contribution in [3.63, 3.8) is 0 Å². The minimum Gasteiger partial charge on any atom is -0.497 e. The maximum Gasteiger partial charge on any atom is 0.314 e. The van der Waals surface area contributed by atoms with Crippen molar-refractivity contribution >= 4 is 11.9 Å². The normalized spacial score (nSPS) is 18.2. The molecule has 1 aliphatic rings. The van der Waals surface area contributed by atoms with Crippen LogP contribution in [0.15, 0.2) is 48.6 Å². The highest BCUT2D eigenvalue weighted by Gasteiger charge is 2.36. The molecule has 1 amide bonds. The highest BCUT2D eigenvalue weighted by Crippen LogP contribution is 2.40. The predicted molar refractivity (Wildman–Crippen MR) is 123 cm³/mol. The molecule has 0 saturated carbocycles. The average molecular weight is 438 g/mol. The van der Waals surface area contributed by atoms with Gasteiger partial charge >= 0.3 is 5.97 Å². The zero-order valence-corrected chi connectivity index (χ0v) is 19.3. The number of nitrogens with one attached hydrogen (secondary N) is 1. The minimum atomic E-state index is -0.570. The second kappa shape index (κ2) is 10.4. The van der Waals surface area contributed by atoms with Crippen molar-refractivity contribution in [1.82, 2.24) is 5.32 Å². The molecule has 6 heteroatoms. The molecule has 0 radical (unpaired) electrons. The molecule has 170 valence electrons. The van der Waals surface area contributed by atoms with Crippen LogP contribution in [-0.2, 0) is 9.53 Å². The van der Waals surface area contributed by atoms with Gasteiger partial charge in [0.15, 0.2) is 0 Å². The van der Waals surface area contributed by atoms with E-state index < -0.39 is 5.92 Å². The largest absolute Gasteiger partial charge is 0.497 e. The molecule has 0 saturated heterocycles. The number of methoxy groups -OCH3 is 2. The number of esters is 1. The van der Waals surface area contributed by atoms with Gasteiger partial charge in [-0.2, -0.15) is 0 Å². The van der Waals surface area contributed by atoms with E-state index in [0.29, 0.717) is 29.0 Å². The van der Waals surface area contributed by atoms with Crippen LogP contribution in [0, 0.1) is 19.8 Å². The second-order valence-electron chi connectivity index (χ2n) is 8.02. The van der Waals surface area contributed by atoms with Crippen molar-refractivity contribution in [2.45, 2.75) is 39.2 Å². The molecule has 0 bridgehead atoms. The van der Waals surface area contributed by atoms with E-state index >= 15 is 0 Å². The fourth-order valence-electron chi connectivity index (χ4n) is 4.24. The van der Waals surface area contributed by atoms with Gasteiger partial charge in [-0.1, -0.05) is 29.8 Å². The number of hydrogen-bond donors (Lipinski definition) is 1. The lowest BCUT2D eigenvalue weighted by Crippen LogP contribution is -2.34. The van der Waals surface area contributed by atoms with Crippen molar-refractivity contribution < 1.29 is 23.8 Å². The third-order valence-corrected chi connectivity index (χ3v) is 5.80. The molecular weight excluding hydrogens is 406 g/mol. The Morgan fingerprint density at radius 2 is 1.84 bits per heavy atom. The number of hydrogen-bond acceptors (Lipinski definition) is 5. The van der Waals surface area contributed by atoms with Gasteiger partial charge in [-0.15, -0.1) is 0 Å². The summed E-state index contributed by atoms with van der Waals surface area (Å²) in [6, 6.07) is 11.0. The Balaban J connectivity index is 1.82. The van der Waals surface area contributed by atoms with Crippen LogP contribution in [0.2, 0.25) is 0 Å². The maximum atomic E-state index is 13.0. The molecule has 32 heavy (non-hydrogen) atoms. The SMILES string of the molecule is CCOC(=O)[C@H](c1cc(OC)ccc1OC)[C@@H]1C=C[C@H](NC(=O)c2ccc(C)cc2C)C1.